The van der Waals surface area contributed by atoms with Crippen molar-refractivity contribution in [3.05, 3.63) is 66.1 Å². The van der Waals surface area contributed by atoms with Crippen LogP contribution in [-0.2, 0) is 0 Å². The summed E-state index contributed by atoms with van der Waals surface area (Å²) in [7, 11) is 0. The van der Waals surface area contributed by atoms with Crippen LogP contribution in [0.1, 0.15) is 29.2 Å². The molecule has 0 saturated heterocycles. The second kappa shape index (κ2) is 5.17. The van der Waals surface area contributed by atoms with Crippen LogP contribution in [-0.4, -0.2) is 10.9 Å². The molecular formula is C16H14N2O2. The van der Waals surface area contributed by atoms with E-state index < -0.39 is 0 Å². The molecule has 1 heterocycles. The third-order valence-corrected chi connectivity index (χ3v) is 3.14. The highest BCUT2D eigenvalue weighted by Crippen LogP contribution is 2.16. The number of carbonyl (C=O) groups is 1. The Labute approximate surface area is 116 Å². The van der Waals surface area contributed by atoms with E-state index in [2.05, 4.69) is 10.3 Å². The first-order valence-electron chi connectivity index (χ1n) is 6.45. The van der Waals surface area contributed by atoms with Gasteiger partial charge in [-0.25, -0.2) is 4.98 Å². The van der Waals surface area contributed by atoms with Gasteiger partial charge in [-0.3, -0.25) is 4.79 Å². The molecule has 20 heavy (non-hydrogen) atoms. The lowest BCUT2D eigenvalue weighted by Gasteiger charge is -2.12. The fraction of sp³-hybridized carbons (Fsp3) is 0.125. The van der Waals surface area contributed by atoms with Gasteiger partial charge in [0.05, 0.1) is 6.04 Å². The molecule has 0 aliphatic rings. The Bertz CT molecular complexity index is 701. The van der Waals surface area contributed by atoms with Crippen molar-refractivity contribution in [1.29, 1.82) is 0 Å². The topological polar surface area (TPSA) is 55.1 Å². The van der Waals surface area contributed by atoms with E-state index in [9.17, 15) is 4.79 Å². The normalized spacial score (nSPS) is 12.2. The van der Waals surface area contributed by atoms with Gasteiger partial charge in [0.25, 0.3) is 5.89 Å². The van der Waals surface area contributed by atoms with Gasteiger partial charge in [0.1, 0.15) is 5.52 Å². The van der Waals surface area contributed by atoms with Crippen molar-refractivity contribution < 1.29 is 9.21 Å². The minimum atomic E-state index is -0.308. The van der Waals surface area contributed by atoms with Gasteiger partial charge in [0.2, 0.25) is 0 Å². The van der Waals surface area contributed by atoms with Crippen molar-refractivity contribution in [2.45, 2.75) is 13.0 Å². The first kappa shape index (κ1) is 12.4. The lowest BCUT2D eigenvalue weighted by atomic mass is 10.1. The van der Waals surface area contributed by atoms with Crippen molar-refractivity contribution in [2.24, 2.45) is 0 Å². The number of rotatable bonds is 3. The molecule has 0 fully saturated rings. The molecular weight excluding hydrogens is 252 g/mol. The Morgan fingerprint density at radius 3 is 2.55 bits per heavy atom. The summed E-state index contributed by atoms with van der Waals surface area (Å²) in [6.07, 6.45) is 0. The standard InChI is InChI=1S/C16H14N2O2/c1-11(12-7-3-2-4-8-12)17-15(19)16-18-13-9-5-6-10-14(13)20-16/h2-11H,1H3,(H,17,19). The minimum Gasteiger partial charge on any atom is -0.432 e. The number of oxazole rings is 1. The molecule has 1 atom stereocenters. The molecule has 100 valence electrons. The summed E-state index contributed by atoms with van der Waals surface area (Å²) >= 11 is 0. The minimum absolute atomic E-state index is 0.0916. The van der Waals surface area contributed by atoms with Crippen molar-refractivity contribution >= 4 is 17.0 Å². The van der Waals surface area contributed by atoms with Crippen LogP contribution in [0.5, 0.6) is 0 Å². The van der Waals surface area contributed by atoms with E-state index >= 15 is 0 Å². The molecule has 1 aromatic heterocycles. The summed E-state index contributed by atoms with van der Waals surface area (Å²) in [5.74, 6) is -0.216. The Hall–Kier alpha value is -2.62. The van der Waals surface area contributed by atoms with Gasteiger partial charge in [-0.15, -0.1) is 0 Å². The van der Waals surface area contributed by atoms with Crippen LogP contribution < -0.4 is 5.32 Å². The van der Waals surface area contributed by atoms with Crippen LogP contribution in [0.15, 0.2) is 59.0 Å². The molecule has 1 amide bonds. The number of para-hydroxylation sites is 2. The molecule has 1 unspecified atom stereocenters. The van der Waals surface area contributed by atoms with E-state index in [0.29, 0.717) is 11.1 Å². The molecule has 0 bridgehead atoms. The average molecular weight is 266 g/mol. The Balaban J connectivity index is 1.79. The van der Waals surface area contributed by atoms with Gasteiger partial charge in [-0.2, -0.15) is 0 Å². The van der Waals surface area contributed by atoms with E-state index in [1.54, 1.807) is 6.07 Å². The molecule has 0 aliphatic heterocycles. The molecule has 0 aliphatic carbocycles. The number of amides is 1. The maximum atomic E-state index is 12.1. The quantitative estimate of drug-likeness (QED) is 0.791. The Kier molecular flexibility index (Phi) is 3.21. The van der Waals surface area contributed by atoms with Crippen LogP contribution >= 0.6 is 0 Å². The smallest absolute Gasteiger partial charge is 0.307 e. The molecule has 0 radical (unpaired) electrons. The van der Waals surface area contributed by atoms with Gasteiger partial charge >= 0.3 is 5.91 Å². The summed E-state index contributed by atoms with van der Waals surface area (Å²) in [4.78, 5) is 16.3. The van der Waals surface area contributed by atoms with Crippen LogP contribution in [0.2, 0.25) is 0 Å². The number of aromatic nitrogens is 1. The van der Waals surface area contributed by atoms with Gasteiger partial charge in [-0.1, -0.05) is 42.5 Å². The zero-order valence-electron chi connectivity index (χ0n) is 11.0. The molecule has 0 saturated carbocycles. The van der Waals surface area contributed by atoms with Gasteiger partial charge < -0.3 is 9.73 Å². The van der Waals surface area contributed by atoms with Crippen LogP contribution in [0.4, 0.5) is 0 Å². The number of fused-ring (bicyclic) bond motifs is 1. The largest absolute Gasteiger partial charge is 0.432 e. The van der Waals surface area contributed by atoms with Crippen molar-refractivity contribution in [3.8, 4) is 0 Å². The highest BCUT2D eigenvalue weighted by Gasteiger charge is 2.16. The number of nitrogens with one attached hydrogen (secondary N) is 1. The van der Waals surface area contributed by atoms with Gasteiger partial charge in [-0.05, 0) is 24.6 Å². The third kappa shape index (κ3) is 2.40. The monoisotopic (exact) mass is 266 g/mol. The highest BCUT2D eigenvalue weighted by atomic mass is 16.4. The van der Waals surface area contributed by atoms with Crippen molar-refractivity contribution in [3.63, 3.8) is 0 Å². The maximum Gasteiger partial charge on any atom is 0.307 e. The zero-order chi connectivity index (χ0) is 13.9. The number of carbonyl (C=O) groups excluding carboxylic acids is 1. The van der Waals surface area contributed by atoms with Crippen molar-refractivity contribution in [2.75, 3.05) is 0 Å². The number of hydrogen-bond donors (Lipinski definition) is 1. The maximum absolute atomic E-state index is 12.1. The molecule has 1 N–H and O–H groups in total. The SMILES string of the molecule is CC(NC(=O)c1nc2ccccc2o1)c1ccccc1. The molecule has 2 aromatic carbocycles. The van der Waals surface area contributed by atoms with Crippen LogP contribution in [0.3, 0.4) is 0 Å². The number of nitrogens with zero attached hydrogens (tertiary/aromatic N) is 1. The fourth-order valence-corrected chi connectivity index (χ4v) is 2.05. The lowest BCUT2D eigenvalue weighted by Crippen LogP contribution is -2.26. The third-order valence-electron chi connectivity index (χ3n) is 3.14. The van der Waals surface area contributed by atoms with Crippen LogP contribution in [0, 0.1) is 0 Å². The summed E-state index contributed by atoms with van der Waals surface area (Å²) < 4.78 is 5.44. The molecule has 0 spiro atoms. The van der Waals surface area contributed by atoms with Crippen molar-refractivity contribution in [1.82, 2.24) is 10.3 Å². The molecule has 3 aromatic rings. The summed E-state index contributed by atoms with van der Waals surface area (Å²) in [5.41, 5.74) is 2.34. The predicted octanol–water partition coefficient (Wildman–Crippen LogP) is 3.32. The second-order valence-electron chi connectivity index (χ2n) is 4.59. The Morgan fingerprint density at radius 1 is 1.10 bits per heavy atom. The first-order valence-corrected chi connectivity index (χ1v) is 6.45. The number of hydrogen-bond acceptors (Lipinski definition) is 3. The molecule has 3 rings (SSSR count). The lowest BCUT2D eigenvalue weighted by molar-refractivity contribution is 0.0907. The fourth-order valence-electron chi connectivity index (χ4n) is 2.05. The Morgan fingerprint density at radius 2 is 1.80 bits per heavy atom. The van der Waals surface area contributed by atoms with Gasteiger partial charge in [0, 0.05) is 0 Å². The second-order valence-corrected chi connectivity index (χ2v) is 4.59. The van der Waals surface area contributed by atoms with E-state index in [1.807, 2.05) is 55.5 Å². The summed E-state index contributed by atoms with van der Waals surface area (Å²) in [6.45, 7) is 1.93. The summed E-state index contributed by atoms with van der Waals surface area (Å²) in [5, 5.41) is 2.88. The first-order chi connectivity index (χ1) is 9.74. The zero-order valence-corrected chi connectivity index (χ0v) is 11.0. The van der Waals surface area contributed by atoms with Crippen LogP contribution in [0.25, 0.3) is 11.1 Å². The van der Waals surface area contributed by atoms with E-state index in [0.717, 1.165) is 5.56 Å². The van der Waals surface area contributed by atoms with E-state index in [4.69, 9.17) is 4.42 Å². The average Bonchev–Trinajstić information content (AvgIpc) is 2.92. The number of benzene rings is 2. The predicted molar refractivity (Wildman–Crippen MR) is 76.3 cm³/mol. The molecule has 4 heteroatoms. The van der Waals surface area contributed by atoms with Gasteiger partial charge in [0.15, 0.2) is 5.58 Å². The summed E-state index contributed by atoms with van der Waals surface area (Å²) in [6, 6.07) is 17.0. The van der Waals surface area contributed by atoms with E-state index in [-0.39, 0.29) is 17.8 Å². The van der Waals surface area contributed by atoms with E-state index in [1.165, 1.54) is 0 Å². The molecule has 4 nitrogen and oxygen atoms in total. The highest BCUT2D eigenvalue weighted by molar-refractivity contribution is 5.92.